The first-order valence-corrected chi connectivity index (χ1v) is 7.73. The zero-order chi connectivity index (χ0) is 14.5. The van der Waals surface area contributed by atoms with Gasteiger partial charge in [-0.25, -0.2) is 4.98 Å². The lowest BCUT2D eigenvalue weighted by Crippen LogP contribution is -2.45. The van der Waals surface area contributed by atoms with Crippen LogP contribution >= 0.6 is 11.6 Å². The lowest BCUT2D eigenvalue weighted by Gasteiger charge is -2.35. The molecule has 21 heavy (non-hydrogen) atoms. The minimum atomic E-state index is 0.397. The quantitative estimate of drug-likeness (QED) is 0.917. The minimum Gasteiger partial charge on any atom is -0.314 e. The van der Waals surface area contributed by atoms with Crippen molar-refractivity contribution in [1.29, 1.82) is 0 Å². The van der Waals surface area contributed by atoms with Crippen LogP contribution in [0.5, 0.6) is 0 Å². The molecule has 2 aromatic rings. The summed E-state index contributed by atoms with van der Waals surface area (Å²) in [6.45, 7) is 5.12. The van der Waals surface area contributed by atoms with Gasteiger partial charge in [-0.2, -0.15) is 5.10 Å². The van der Waals surface area contributed by atoms with Crippen LogP contribution in [0.2, 0.25) is 5.02 Å². The summed E-state index contributed by atoms with van der Waals surface area (Å²) in [5.41, 5.74) is 1.32. The van der Waals surface area contributed by atoms with Gasteiger partial charge in [0.25, 0.3) is 0 Å². The second-order valence-corrected chi connectivity index (χ2v) is 5.74. The zero-order valence-corrected chi connectivity index (χ0v) is 12.7. The van der Waals surface area contributed by atoms with E-state index in [2.05, 4.69) is 32.4 Å². The summed E-state index contributed by atoms with van der Waals surface area (Å²) in [5.74, 6) is 0. The Bertz CT molecular complexity index is 534. The summed E-state index contributed by atoms with van der Waals surface area (Å²) in [4.78, 5) is 6.55. The predicted octanol–water partition coefficient (Wildman–Crippen LogP) is 1.97. The summed E-state index contributed by atoms with van der Waals surface area (Å²) < 4.78 is 1.89. The van der Waals surface area contributed by atoms with E-state index in [-0.39, 0.29) is 0 Å². The highest BCUT2D eigenvalue weighted by Gasteiger charge is 2.22. The van der Waals surface area contributed by atoms with Gasteiger partial charge < -0.3 is 5.32 Å². The molecule has 1 unspecified atom stereocenters. The molecule has 6 heteroatoms. The Kier molecular flexibility index (Phi) is 4.85. The van der Waals surface area contributed by atoms with Crippen LogP contribution in [0, 0.1) is 0 Å². The number of hydrogen-bond donors (Lipinski definition) is 1. The first-order chi connectivity index (χ1) is 10.3. The third kappa shape index (κ3) is 3.81. The molecule has 0 bridgehead atoms. The van der Waals surface area contributed by atoms with E-state index in [1.54, 1.807) is 12.7 Å². The molecule has 112 valence electrons. The molecule has 1 atom stereocenters. The van der Waals surface area contributed by atoms with Crippen LogP contribution < -0.4 is 5.32 Å². The molecule has 0 saturated carbocycles. The van der Waals surface area contributed by atoms with Crippen LogP contribution in [0.1, 0.15) is 18.0 Å². The molecule has 0 radical (unpaired) electrons. The number of nitrogens with one attached hydrogen (secondary N) is 1. The van der Waals surface area contributed by atoms with Crippen molar-refractivity contribution < 1.29 is 0 Å². The summed E-state index contributed by atoms with van der Waals surface area (Å²) >= 11 is 6.01. The zero-order valence-electron chi connectivity index (χ0n) is 12.0. The maximum atomic E-state index is 6.01. The SMILES string of the molecule is Clc1ccc(C(CCn2cncn2)N2CCNCC2)cc1. The molecule has 1 N–H and O–H groups in total. The first kappa shape index (κ1) is 14.5. The monoisotopic (exact) mass is 305 g/mol. The Balaban J connectivity index is 1.74. The van der Waals surface area contributed by atoms with E-state index in [0.29, 0.717) is 6.04 Å². The number of hydrogen-bond acceptors (Lipinski definition) is 4. The molecule has 0 spiro atoms. The Labute approximate surface area is 129 Å². The lowest BCUT2D eigenvalue weighted by molar-refractivity contribution is 0.160. The maximum Gasteiger partial charge on any atom is 0.137 e. The summed E-state index contributed by atoms with van der Waals surface area (Å²) in [6.07, 6.45) is 4.38. The van der Waals surface area contributed by atoms with Crippen LogP contribution in [-0.2, 0) is 6.54 Å². The average Bonchev–Trinajstić information content (AvgIpc) is 3.04. The highest BCUT2D eigenvalue weighted by Crippen LogP contribution is 2.26. The van der Waals surface area contributed by atoms with Crippen molar-refractivity contribution in [2.24, 2.45) is 0 Å². The van der Waals surface area contributed by atoms with Gasteiger partial charge in [0, 0.05) is 43.8 Å². The molecule has 1 aromatic carbocycles. The van der Waals surface area contributed by atoms with Gasteiger partial charge in [-0.05, 0) is 24.1 Å². The molecular weight excluding hydrogens is 286 g/mol. The highest BCUT2D eigenvalue weighted by atomic mass is 35.5. The third-order valence-electron chi connectivity index (χ3n) is 3.95. The average molecular weight is 306 g/mol. The van der Waals surface area contributed by atoms with E-state index >= 15 is 0 Å². The smallest absolute Gasteiger partial charge is 0.137 e. The van der Waals surface area contributed by atoms with Gasteiger partial charge >= 0.3 is 0 Å². The number of aryl methyl sites for hydroxylation is 1. The van der Waals surface area contributed by atoms with Gasteiger partial charge in [-0.15, -0.1) is 0 Å². The van der Waals surface area contributed by atoms with Gasteiger partial charge in [0.15, 0.2) is 0 Å². The fraction of sp³-hybridized carbons (Fsp3) is 0.467. The molecule has 0 amide bonds. The predicted molar refractivity (Wildman–Crippen MR) is 83.3 cm³/mol. The van der Waals surface area contributed by atoms with Crippen molar-refractivity contribution in [3.05, 3.63) is 47.5 Å². The largest absolute Gasteiger partial charge is 0.314 e. The van der Waals surface area contributed by atoms with Crippen LogP contribution in [0.15, 0.2) is 36.9 Å². The molecule has 1 aliphatic heterocycles. The molecule has 1 saturated heterocycles. The van der Waals surface area contributed by atoms with Gasteiger partial charge in [0.05, 0.1) is 0 Å². The normalized spacial score (nSPS) is 17.8. The van der Waals surface area contributed by atoms with Crippen molar-refractivity contribution in [2.75, 3.05) is 26.2 Å². The summed E-state index contributed by atoms with van der Waals surface area (Å²) in [7, 11) is 0. The Morgan fingerprint density at radius 1 is 1.19 bits per heavy atom. The Morgan fingerprint density at radius 2 is 1.95 bits per heavy atom. The van der Waals surface area contributed by atoms with Crippen LogP contribution in [0.3, 0.4) is 0 Å². The third-order valence-corrected chi connectivity index (χ3v) is 4.20. The molecule has 1 aromatic heterocycles. The van der Waals surface area contributed by atoms with E-state index in [4.69, 9.17) is 11.6 Å². The van der Waals surface area contributed by atoms with Crippen molar-refractivity contribution in [1.82, 2.24) is 25.0 Å². The fourth-order valence-corrected chi connectivity index (χ4v) is 2.97. The van der Waals surface area contributed by atoms with E-state index < -0.39 is 0 Å². The van der Waals surface area contributed by atoms with Crippen molar-refractivity contribution in [2.45, 2.75) is 19.0 Å². The first-order valence-electron chi connectivity index (χ1n) is 7.35. The second-order valence-electron chi connectivity index (χ2n) is 5.30. The van der Waals surface area contributed by atoms with Gasteiger partial charge in [0.1, 0.15) is 12.7 Å². The molecule has 0 aliphatic carbocycles. The Hall–Kier alpha value is -1.43. The lowest BCUT2D eigenvalue weighted by atomic mass is 10.0. The number of piperazine rings is 1. The fourth-order valence-electron chi connectivity index (χ4n) is 2.84. The molecular formula is C15H20ClN5. The van der Waals surface area contributed by atoms with Crippen molar-refractivity contribution in [3.8, 4) is 0 Å². The highest BCUT2D eigenvalue weighted by molar-refractivity contribution is 6.30. The van der Waals surface area contributed by atoms with Gasteiger partial charge in [0.2, 0.25) is 0 Å². The van der Waals surface area contributed by atoms with Crippen LogP contribution in [-0.4, -0.2) is 45.8 Å². The Morgan fingerprint density at radius 3 is 2.62 bits per heavy atom. The standard InChI is InChI=1S/C15H20ClN5/c16-14-3-1-13(2-4-14)15(20-9-6-17-7-10-20)5-8-21-12-18-11-19-21/h1-4,11-12,15,17H,5-10H2. The number of halogens is 1. The van der Waals surface area contributed by atoms with E-state index in [1.807, 2.05) is 16.8 Å². The summed E-state index contributed by atoms with van der Waals surface area (Å²) in [6, 6.07) is 8.61. The van der Waals surface area contributed by atoms with E-state index in [9.17, 15) is 0 Å². The minimum absolute atomic E-state index is 0.397. The second kappa shape index (κ2) is 7.02. The van der Waals surface area contributed by atoms with Gasteiger partial charge in [-0.1, -0.05) is 23.7 Å². The van der Waals surface area contributed by atoms with Crippen LogP contribution in [0.25, 0.3) is 0 Å². The summed E-state index contributed by atoms with van der Waals surface area (Å²) in [5, 5.41) is 8.39. The van der Waals surface area contributed by atoms with Gasteiger partial charge in [-0.3, -0.25) is 9.58 Å². The maximum absolute atomic E-state index is 6.01. The number of benzene rings is 1. The van der Waals surface area contributed by atoms with E-state index in [0.717, 1.165) is 44.2 Å². The van der Waals surface area contributed by atoms with Crippen LogP contribution in [0.4, 0.5) is 0 Å². The molecule has 3 rings (SSSR count). The number of nitrogens with zero attached hydrogens (tertiary/aromatic N) is 4. The molecule has 1 aliphatic rings. The van der Waals surface area contributed by atoms with Crippen molar-refractivity contribution in [3.63, 3.8) is 0 Å². The molecule has 2 heterocycles. The number of aromatic nitrogens is 3. The topological polar surface area (TPSA) is 46.0 Å². The molecule has 1 fully saturated rings. The van der Waals surface area contributed by atoms with Crippen molar-refractivity contribution >= 4 is 11.6 Å². The molecule has 5 nitrogen and oxygen atoms in total. The van der Waals surface area contributed by atoms with E-state index in [1.165, 1.54) is 5.56 Å². The number of rotatable bonds is 5.